The fourth-order valence-electron chi connectivity index (χ4n) is 3.23. The minimum Gasteiger partial charge on any atom is -0.396 e. The number of benzene rings is 2. The maximum Gasteiger partial charge on any atom is 0.246 e. The second-order valence-electron chi connectivity index (χ2n) is 6.49. The van der Waals surface area contributed by atoms with Crippen molar-refractivity contribution in [3.05, 3.63) is 59.4 Å². The number of hydrogen-bond donors (Lipinski definition) is 1. The van der Waals surface area contributed by atoms with Crippen LogP contribution in [0.4, 0.5) is 5.69 Å². The highest BCUT2D eigenvalue weighted by atomic mass is 16.3. The molecule has 5 nitrogen and oxygen atoms in total. The lowest BCUT2D eigenvalue weighted by molar-refractivity contribution is -0.119. The average molecular weight is 351 g/mol. The molecule has 136 valence electrons. The molecule has 0 aliphatic heterocycles. The van der Waals surface area contributed by atoms with Crippen LogP contribution in [0.5, 0.6) is 0 Å². The Kier molecular flexibility index (Phi) is 5.38. The van der Waals surface area contributed by atoms with E-state index in [-0.39, 0.29) is 19.1 Å². The van der Waals surface area contributed by atoms with Gasteiger partial charge in [-0.15, -0.1) is 0 Å². The van der Waals surface area contributed by atoms with Crippen molar-refractivity contribution < 1.29 is 9.90 Å². The summed E-state index contributed by atoms with van der Waals surface area (Å²) in [6.45, 7) is 6.89. The van der Waals surface area contributed by atoms with Crippen LogP contribution in [0.3, 0.4) is 0 Å². The number of nitrogens with zero attached hydrogens (tertiary/aromatic N) is 3. The number of carbonyl (C=O) groups is 1. The Balaban J connectivity index is 1.99. The van der Waals surface area contributed by atoms with E-state index in [1.807, 2.05) is 47.9 Å². The van der Waals surface area contributed by atoms with Crippen LogP contribution in [-0.4, -0.2) is 33.7 Å². The van der Waals surface area contributed by atoms with Gasteiger partial charge in [-0.2, -0.15) is 0 Å². The van der Waals surface area contributed by atoms with Crippen LogP contribution in [0.2, 0.25) is 0 Å². The third-order valence-electron chi connectivity index (χ3n) is 4.76. The van der Waals surface area contributed by atoms with E-state index in [9.17, 15) is 9.90 Å². The van der Waals surface area contributed by atoms with Crippen molar-refractivity contribution >= 4 is 22.6 Å². The number of fused-ring (bicyclic) bond motifs is 1. The third kappa shape index (κ3) is 3.48. The van der Waals surface area contributed by atoms with Crippen molar-refractivity contribution in [2.45, 2.75) is 33.7 Å². The molecule has 3 aromatic rings. The normalized spacial score (nSPS) is 11.1. The first kappa shape index (κ1) is 18.1. The van der Waals surface area contributed by atoms with Gasteiger partial charge in [-0.05, 0) is 56.2 Å². The maximum atomic E-state index is 13.0. The summed E-state index contributed by atoms with van der Waals surface area (Å²) in [5.74, 6) is 0.750. The molecule has 0 spiro atoms. The van der Waals surface area contributed by atoms with Crippen LogP contribution in [-0.2, 0) is 17.8 Å². The quantitative estimate of drug-likeness (QED) is 0.742. The van der Waals surface area contributed by atoms with Crippen molar-refractivity contribution in [3.8, 4) is 0 Å². The molecular weight excluding hydrogens is 326 g/mol. The van der Waals surface area contributed by atoms with Crippen LogP contribution in [0, 0.1) is 13.8 Å². The van der Waals surface area contributed by atoms with Gasteiger partial charge in [-0.3, -0.25) is 4.79 Å². The van der Waals surface area contributed by atoms with E-state index in [1.54, 1.807) is 4.90 Å². The van der Waals surface area contributed by atoms with Gasteiger partial charge in [0.25, 0.3) is 0 Å². The number of aromatic nitrogens is 2. The molecule has 26 heavy (non-hydrogen) atoms. The molecule has 1 amide bonds. The molecular formula is C21H25N3O2. The number of carbonyl (C=O) groups excluding carboxylic acids is 1. The minimum absolute atomic E-state index is 0.00561. The van der Waals surface area contributed by atoms with Gasteiger partial charge in [0.2, 0.25) is 5.91 Å². The standard InChI is InChI=1S/C21H25N3O2/c1-4-23(17-8-6-5-7-9-17)21(26)14-24-19-13-16(3)15(2)12-18(19)22-20(24)10-11-25/h5-9,12-13,25H,4,10-11,14H2,1-3H3. The number of aryl methyl sites for hydroxylation is 2. The van der Waals surface area contributed by atoms with Gasteiger partial charge in [-0.1, -0.05) is 18.2 Å². The van der Waals surface area contributed by atoms with Crippen molar-refractivity contribution in [1.29, 1.82) is 0 Å². The summed E-state index contributed by atoms with van der Waals surface area (Å²) in [6.07, 6.45) is 0.428. The second-order valence-corrected chi connectivity index (χ2v) is 6.49. The van der Waals surface area contributed by atoms with Gasteiger partial charge in [0, 0.05) is 18.7 Å². The number of rotatable bonds is 6. The van der Waals surface area contributed by atoms with E-state index in [4.69, 9.17) is 0 Å². The minimum atomic E-state index is 0.00561. The maximum absolute atomic E-state index is 13.0. The number of para-hydroxylation sites is 1. The lowest BCUT2D eigenvalue weighted by atomic mass is 10.1. The van der Waals surface area contributed by atoms with Crippen molar-refractivity contribution in [2.75, 3.05) is 18.1 Å². The van der Waals surface area contributed by atoms with Gasteiger partial charge >= 0.3 is 0 Å². The first-order valence-corrected chi connectivity index (χ1v) is 8.97. The zero-order chi connectivity index (χ0) is 18.7. The molecule has 0 radical (unpaired) electrons. The lowest BCUT2D eigenvalue weighted by Gasteiger charge is -2.22. The van der Waals surface area contributed by atoms with Crippen molar-refractivity contribution in [2.24, 2.45) is 0 Å². The Morgan fingerprint density at radius 3 is 2.50 bits per heavy atom. The summed E-state index contributed by atoms with van der Waals surface area (Å²) < 4.78 is 1.94. The number of anilines is 1. The summed E-state index contributed by atoms with van der Waals surface area (Å²) in [6, 6.07) is 13.8. The Hall–Kier alpha value is -2.66. The van der Waals surface area contributed by atoms with Crippen LogP contribution in [0.15, 0.2) is 42.5 Å². The molecule has 0 bridgehead atoms. The highest BCUT2D eigenvalue weighted by Crippen LogP contribution is 2.22. The van der Waals surface area contributed by atoms with Gasteiger partial charge in [0.1, 0.15) is 12.4 Å². The third-order valence-corrected chi connectivity index (χ3v) is 4.76. The van der Waals surface area contributed by atoms with E-state index in [0.717, 1.165) is 28.1 Å². The van der Waals surface area contributed by atoms with Crippen molar-refractivity contribution in [3.63, 3.8) is 0 Å². The Morgan fingerprint density at radius 1 is 1.15 bits per heavy atom. The molecule has 0 unspecified atom stereocenters. The molecule has 0 aliphatic carbocycles. The number of hydrogen-bond acceptors (Lipinski definition) is 3. The van der Waals surface area contributed by atoms with Crippen LogP contribution in [0.25, 0.3) is 11.0 Å². The molecule has 3 rings (SSSR count). The average Bonchev–Trinajstić information content (AvgIpc) is 2.94. The summed E-state index contributed by atoms with van der Waals surface area (Å²) in [4.78, 5) is 19.4. The molecule has 0 saturated carbocycles. The number of imidazole rings is 1. The summed E-state index contributed by atoms with van der Waals surface area (Å²) in [5, 5.41) is 9.40. The summed E-state index contributed by atoms with van der Waals surface area (Å²) >= 11 is 0. The Bertz CT molecular complexity index is 916. The van der Waals surface area contributed by atoms with Gasteiger partial charge in [-0.25, -0.2) is 4.98 Å². The predicted molar refractivity (Wildman–Crippen MR) is 104 cm³/mol. The molecule has 5 heteroatoms. The zero-order valence-corrected chi connectivity index (χ0v) is 15.6. The van der Waals surface area contributed by atoms with E-state index < -0.39 is 0 Å². The highest BCUT2D eigenvalue weighted by Gasteiger charge is 2.19. The van der Waals surface area contributed by atoms with E-state index in [2.05, 4.69) is 24.9 Å². The smallest absolute Gasteiger partial charge is 0.246 e. The van der Waals surface area contributed by atoms with Crippen LogP contribution < -0.4 is 4.90 Å². The summed E-state index contributed by atoms with van der Waals surface area (Å²) in [5.41, 5.74) is 5.03. The number of aliphatic hydroxyl groups excluding tert-OH is 1. The fourth-order valence-corrected chi connectivity index (χ4v) is 3.23. The first-order valence-electron chi connectivity index (χ1n) is 8.97. The lowest BCUT2D eigenvalue weighted by Crippen LogP contribution is -2.34. The topological polar surface area (TPSA) is 58.4 Å². The number of amides is 1. The molecule has 0 atom stereocenters. The van der Waals surface area contributed by atoms with E-state index in [1.165, 1.54) is 5.56 Å². The molecule has 1 N–H and O–H groups in total. The van der Waals surface area contributed by atoms with Gasteiger partial charge in [0.05, 0.1) is 17.6 Å². The largest absolute Gasteiger partial charge is 0.396 e. The van der Waals surface area contributed by atoms with Crippen LogP contribution in [0.1, 0.15) is 23.9 Å². The number of likely N-dealkylation sites (N-methyl/N-ethyl adjacent to an activating group) is 1. The van der Waals surface area contributed by atoms with Gasteiger partial charge < -0.3 is 14.6 Å². The molecule has 1 aromatic heterocycles. The van der Waals surface area contributed by atoms with E-state index in [0.29, 0.717) is 13.0 Å². The monoisotopic (exact) mass is 351 g/mol. The first-order chi connectivity index (χ1) is 12.5. The molecule has 0 saturated heterocycles. The zero-order valence-electron chi connectivity index (χ0n) is 15.6. The number of aliphatic hydroxyl groups is 1. The Labute approximate surface area is 153 Å². The molecule has 2 aromatic carbocycles. The Morgan fingerprint density at radius 2 is 1.85 bits per heavy atom. The van der Waals surface area contributed by atoms with E-state index >= 15 is 0 Å². The second kappa shape index (κ2) is 7.70. The SMILES string of the molecule is CCN(C(=O)Cn1c(CCO)nc2cc(C)c(C)cc21)c1ccccc1. The highest BCUT2D eigenvalue weighted by molar-refractivity contribution is 5.94. The summed E-state index contributed by atoms with van der Waals surface area (Å²) in [7, 11) is 0. The fraction of sp³-hybridized carbons (Fsp3) is 0.333. The molecule has 0 fully saturated rings. The molecule has 1 heterocycles. The predicted octanol–water partition coefficient (Wildman–Crippen LogP) is 3.24. The molecule has 0 aliphatic rings. The van der Waals surface area contributed by atoms with Gasteiger partial charge in [0.15, 0.2) is 0 Å². The van der Waals surface area contributed by atoms with Crippen LogP contribution >= 0.6 is 0 Å². The van der Waals surface area contributed by atoms with Crippen molar-refractivity contribution in [1.82, 2.24) is 9.55 Å².